The summed E-state index contributed by atoms with van der Waals surface area (Å²) in [4.78, 5) is 25.2. The Morgan fingerprint density at radius 2 is 2.00 bits per heavy atom. The Morgan fingerprint density at radius 3 is 2.60 bits per heavy atom. The van der Waals surface area contributed by atoms with Crippen LogP contribution in [0.2, 0.25) is 0 Å². The van der Waals surface area contributed by atoms with E-state index in [2.05, 4.69) is 0 Å². The molecule has 1 saturated heterocycles. The lowest BCUT2D eigenvalue weighted by molar-refractivity contribution is -0.137. The summed E-state index contributed by atoms with van der Waals surface area (Å²) in [5, 5.41) is 0. The zero-order chi connectivity index (χ0) is 15.2. The van der Waals surface area contributed by atoms with Crippen molar-refractivity contribution in [1.82, 2.24) is 4.90 Å². The van der Waals surface area contributed by atoms with Gasteiger partial charge < -0.3 is 14.4 Å². The monoisotopic (exact) mass is 283 g/mol. The number of piperidine rings is 1. The molecule has 1 aliphatic heterocycles. The topological polar surface area (TPSA) is 55.8 Å². The van der Waals surface area contributed by atoms with Gasteiger partial charge in [-0.1, -0.05) is 6.08 Å². The van der Waals surface area contributed by atoms with Crippen LogP contribution in [0.25, 0.3) is 0 Å². The molecule has 0 spiro atoms. The number of esters is 1. The maximum Gasteiger partial charge on any atom is 0.410 e. The van der Waals surface area contributed by atoms with Gasteiger partial charge in [-0.3, -0.25) is 0 Å². The van der Waals surface area contributed by atoms with Crippen molar-refractivity contribution in [2.75, 3.05) is 13.2 Å². The molecule has 5 heteroatoms. The molecule has 1 amide bonds. The van der Waals surface area contributed by atoms with Gasteiger partial charge in [-0.25, -0.2) is 9.59 Å². The SMILES string of the molecule is CCOC(=O)/C=C/[C@@H]1CCCCN1C(=O)OC(C)(C)C. The molecular weight excluding hydrogens is 258 g/mol. The van der Waals surface area contributed by atoms with Crippen molar-refractivity contribution in [2.45, 2.75) is 58.6 Å². The summed E-state index contributed by atoms with van der Waals surface area (Å²) in [6, 6.07) is -0.0944. The van der Waals surface area contributed by atoms with Gasteiger partial charge in [-0.15, -0.1) is 0 Å². The highest BCUT2D eigenvalue weighted by atomic mass is 16.6. The molecule has 0 aromatic carbocycles. The summed E-state index contributed by atoms with van der Waals surface area (Å²) in [5.41, 5.74) is -0.510. The van der Waals surface area contributed by atoms with Crippen LogP contribution >= 0.6 is 0 Å². The minimum Gasteiger partial charge on any atom is -0.463 e. The van der Waals surface area contributed by atoms with Crippen molar-refractivity contribution in [3.63, 3.8) is 0 Å². The Labute approximate surface area is 120 Å². The Morgan fingerprint density at radius 1 is 1.30 bits per heavy atom. The van der Waals surface area contributed by atoms with Gasteiger partial charge in [0.1, 0.15) is 5.60 Å². The highest BCUT2D eigenvalue weighted by Gasteiger charge is 2.29. The van der Waals surface area contributed by atoms with Crippen molar-refractivity contribution in [3.05, 3.63) is 12.2 Å². The summed E-state index contributed by atoms with van der Waals surface area (Å²) >= 11 is 0. The predicted octanol–water partition coefficient (Wildman–Crippen LogP) is 2.90. The molecule has 20 heavy (non-hydrogen) atoms. The third-order valence-electron chi connectivity index (χ3n) is 2.92. The first-order valence-corrected chi connectivity index (χ1v) is 7.18. The quantitative estimate of drug-likeness (QED) is 0.590. The molecule has 5 nitrogen and oxygen atoms in total. The third kappa shape index (κ3) is 5.63. The molecule has 0 aromatic heterocycles. The number of rotatable bonds is 3. The van der Waals surface area contributed by atoms with Crippen LogP contribution in [0.5, 0.6) is 0 Å². The fourth-order valence-corrected chi connectivity index (χ4v) is 2.08. The molecule has 0 radical (unpaired) electrons. The van der Waals surface area contributed by atoms with Crippen LogP contribution in [0.15, 0.2) is 12.2 Å². The van der Waals surface area contributed by atoms with Gasteiger partial charge >= 0.3 is 12.1 Å². The average Bonchev–Trinajstić information content (AvgIpc) is 2.35. The lowest BCUT2D eigenvalue weighted by Crippen LogP contribution is -2.45. The first-order chi connectivity index (χ1) is 9.33. The van der Waals surface area contributed by atoms with Gasteiger partial charge in [0.05, 0.1) is 12.6 Å². The van der Waals surface area contributed by atoms with E-state index in [0.29, 0.717) is 13.2 Å². The summed E-state index contributed by atoms with van der Waals surface area (Å²) in [6.45, 7) is 8.31. The number of carbonyl (C=O) groups excluding carboxylic acids is 2. The predicted molar refractivity (Wildman–Crippen MR) is 76.4 cm³/mol. The van der Waals surface area contributed by atoms with Crippen molar-refractivity contribution in [3.8, 4) is 0 Å². The zero-order valence-electron chi connectivity index (χ0n) is 12.8. The Balaban J connectivity index is 2.67. The molecule has 0 N–H and O–H groups in total. The number of ether oxygens (including phenoxy) is 2. The number of carbonyl (C=O) groups is 2. The fraction of sp³-hybridized carbons (Fsp3) is 0.733. The van der Waals surface area contributed by atoms with Crippen LogP contribution in [0.4, 0.5) is 4.79 Å². The molecule has 1 aliphatic rings. The molecule has 0 aliphatic carbocycles. The smallest absolute Gasteiger partial charge is 0.410 e. The van der Waals surface area contributed by atoms with Crippen LogP contribution < -0.4 is 0 Å². The maximum atomic E-state index is 12.1. The molecule has 0 saturated carbocycles. The number of amides is 1. The molecule has 0 bridgehead atoms. The summed E-state index contributed by atoms with van der Waals surface area (Å²) in [7, 11) is 0. The molecule has 114 valence electrons. The highest BCUT2D eigenvalue weighted by Crippen LogP contribution is 2.21. The first kappa shape index (κ1) is 16.5. The van der Waals surface area contributed by atoms with Crippen LogP contribution in [-0.2, 0) is 14.3 Å². The van der Waals surface area contributed by atoms with Crippen LogP contribution in [-0.4, -0.2) is 41.8 Å². The molecule has 1 heterocycles. The first-order valence-electron chi connectivity index (χ1n) is 7.18. The molecule has 1 fully saturated rings. The van der Waals surface area contributed by atoms with Crippen molar-refractivity contribution >= 4 is 12.1 Å². The van der Waals surface area contributed by atoms with E-state index in [0.717, 1.165) is 19.3 Å². The molecular formula is C15H25NO4. The highest BCUT2D eigenvalue weighted by molar-refractivity contribution is 5.82. The number of nitrogens with zero attached hydrogens (tertiary/aromatic N) is 1. The van der Waals surface area contributed by atoms with E-state index in [4.69, 9.17) is 9.47 Å². The van der Waals surface area contributed by atoms with Crippen molar-refractivity contribution < 1.29 is 19.1 Å². The largest absolute Gasteiger partial charge is 0.463 e. The minimum atomic E-state index is -0.510. The lowest BCUT2D eigenvalue weighted by atomic mass is 10.0. The van der Waals surface area contributed by atoms with Crippen LogP contribution in [0.3, 0.4) is 0 Å². The van der Waals surface area contributed by atoms with Gasteiger partial charge in [-0.05, 0) is 47.0 Å². The Kier molecular flexibility index (Phi) is 6.05. The van der Waals surface area contributed by atoms with Gasteiger partial charge in [0.15, 0.2) is 0 Å². The minimum absolute atomic E-state index is 0.0944. The third-order valence-corrected chi connectivity index (χ3v) is 2.92. The number of likely N-dealkylation sites (tertiary alicyclic amines) is 1. The average molecular weight is 283 g/mol. The van der Waals surface area contributed by atoms with Gasteiger partial charge in [0, 0.05) is 12.6 Å². The number of hydrogen-bond donors (Lipinski definition) is 0. The van der Waals surface area contributed by atoms with Gasteiger partial charge in [-0.2, -0.15) is 0 Å². The van der Waals surface area contributed by atoms with Crippen molar-refractivity contribution in [2.24, 2.45) is 0 Å². The maximum absolute atomic E-state index is 12.1. The van der Waals surface area contributed by atoms with Gasteiger partial charge in [0.25, 0.3) is 0 Å². The second-order valence-electron chi connectivity index (χ2n) is 5.85. The molecule has 1 rings (SSSR count). The Bertz CT molecular complexity index is 371. The molecule has 0 aromatic rings. The zero-order valence-corrected chi connectivity index (χ0v) is 12.8. The number of hydrogen-bond acceptors (Lipinski definition) is 4. The van der Waals surface area contributed by atoms with Crippen LogP contribution in [0.1, 0.15) is 47.0 Å². The van der Waals surface area contributed by atoms with E-state index in [9.17, 15) is 9.59 Å². The Hall–Kier alpha value is -1.52. The normalized spacial score (nSPS) is 20.0. The summed E-state index contributed by atoms with van der Waals surface area (Å²) < 4.78 is 10.2. The van der Waals surface area contributed by atoms with E-state index in [1.807, 2.05) is 20.8 Å². The van der Waals surface area contributed by atoms with Gasteiger partial charge in [0.2, 0.25) is 0 Å². The summed E-state index contributed by atoms with van der Waals surface area (Å²) in [5.74, 6) is -0.373. The van der Waals surface area contributed by atoms with E-state index in [1.54, 1.807) is 17.9 Å². The second-order valence-corrected chi connectivity index (χ2v) is 5.85. The van der Waals surface area contributed by atoms with Crippen molar-refractivity contribution in [1.29, 1.82) is 0 Å². The molecule has 0 unspecified atom stereocenters. The van der Waals surface area contributed by atoms with Crippen LogP contribution in [0, 0.1) is 0 Å². The summed E-state index contributed by atoms with van der Waals surface area (Å²) in [6.07, 6.45) is 5.66. The van der Waals surface area contributed by atoms with E-state index >= 15 is 0 Å². The standard InChI is InChI=1S/C15H25NO4/c1-5-19-13(17)10-9-12-8-6-7-11-16(12)14(18)20-15(2,3)4/h9-10,12H,5-8,11H2,1-4H3/b10-9+/t12-/m0/s1. The lowest BCUT2D eigenvalue weighted by Gasteiger charge is -2.35. The fourth-order valence-electron chi connectivity index (χ4n) is 2.08. The van der Waals surface area contributed by atoms with E-state index in [1.165, 1.54) is 6.08 Å². The van der Waals surface area contributed by atoms with E-state index in [-0.39, 0.29) is 18.1 Å². The second kappa shape index (κ2) is 7.31. The van der Waals surface area contributed by atoms with E-state index < -0.39 is 5.60 Å². The molecule has 1 atom stereocenters.